The standard InChI is InChI=1S/C22H20N2O3/c25-19-12-15(14-7-3-1-4-8-14)11-18-21(19)17(13-20(26)24-18)22(27)23-16-9-5-2-6-10-16/h1-10,15,17H,11-13H2,(H,23,27)(H,24,26)/t15-,17-/m0/s1. The van der Waals surface area contributed by atoms with Gasteiger partial charge in [0, 0.05) is 29.8 Å². The van der Waals surface area contributed by atoms with E-state index in [2.05, 4.69) is 10.6 Å². The van der Waals surface area contributed by atoms with E-state index in [0.717, 1.165) is 5.56 Å². The van der Waals surface area contributed by atoms with E-state index in [9.17, 15) is 14.4 Å². The van der Waals surface area contributed by atoms with Crippen molar-refractivity contribution in [3.8, 4) is 0 Å². The van der Waals surface area contributed by atoms with Crippen LogP contribution in [0, 0.1) is 5.92 Å². The molecule has 0 unspecified atom stereocenters. The summed E-state index contributed by atoms with van der Waals surface area (Å²) < 4.78 is 0. The second-order valence-electron chi connectivity index (χ2n) is 6.99. The molecule has 1 heterocycles. The minimum Gasteiger partial charge on any atom is -0.329 e. The second-order valence-corrected chi connectivity index (χ2v) is 6.99. The van der Waals surface area contributed by atoms with Crippen LogP contribution >= 0.6 is 0 Å². The highest BCUT2D eigenvalue weighted by Crippen LogP contribution is 2.39. The van der Waals surface area contributed by atoms with Gasteiger partial charge < -0.3 is 10.6 Å². The number of para-hydroxylation sites is 1. The number of amides is 2. The Labute approximate surface area is 157 Å². The van der Waals surface area contributed by atoms with Crippen LogP contribution in [0.3, 0.4) is 0 Å². The molecule has 0 spiro atoms. The van der Waals surface area contributed by atoms with E-state index in [1.807, 2.05) is 48.5 Å². The monoisotopic (exact) mass is 360 g/mol. The van der Waals surface area contributed by atoms with E-state index in [1.165, 1.54) is 0 Å². The number of carbonyl (C=O) groups is 3. The fourth-order valence-corrected chi connectivity index (χ4v) is 3.90. The molecule has 2 aliphatic rings. The predicted molar refractivity (Wildman–Crippen MR) is 102 cm³/mol. The molecule has 136 valence electrons. The zero-order valence-corrected chi connectivity index (χ0v) is 14.8. The number of anilines is 1. The molecule has 2 atom stereocenters. The van der Waals surface area contributed by atoms with Gasteiger partial charge in [0.25, 0.3) is 0 Å². The van der Waals surface area contributed by atoms with E-state index >= 15 is 0 Å². The van der Waals surface area contributed by atoms with Crippen LogP contribution in [0.5, 0.6) is 0 Å². The van der Waals surface area contributed by atoms with Gasteiger partial charge >= 0.3 is 0 Å². The van der Waals surface area contributed by atoms with Crippen LogP contribution in [0.15, 0.2) is 71.9 Å². The molecule has 5 heteroatoms. The van der Waals surface area contributed by atoms with Crippen molar-refractivity contribution in [3.63, 3.8) is 0 Å². The highest BCUT2D eigenvalue weighted by Gasteiger charge is 2.40. The first-order valence-corrected chi connectivity index (χ1v) is 9.09. The smallest absolute Gasteiger partial charge is 0.232 e. The first-order valence-electron chi connectivity index (χ1n) is 9.09. The number of rotatable bonds is 3. The molecule has 0 saturated heterocycles. The van der Waals surface area contributed by atoms with Crippen LogP contribution in [0.4, 0.5) is 5.69 Å². The lowest BCUT2D eigenvalue weighted by Crippen LogP contribution is -2.43. The van der Waals surface area contributed by atoms with Crippen molar-refractivity contribution in [2.24, 2.45) is 5.92 Å². The molecule has 2 aromatic rings. The lowest BCUT2D eigenvalue weighted by molar-refractivity contribution is -0.129. The van der Waals surface area contributed by atoms with Gasteiger partial charge in [0.2, 0.25) is 11.8 Å². The number of hydrogen-bond donors (Lipinski definition) is 2. The Bertz CT molecular complexity index is 919. The van der Waals surface area contributed by atoms with Gasteiger partial charge in [-0.2, -0.15) is 0 Å². The Morgan fingerprint density at radius 2 is 1.56 bits per heavy atom. The Hall–Kier alpha value is -3.21. The van der Waals surface area contributed by atoms with E-state index in [4.69, 9.17) is 0 Å². The molecule has 0 fully saturated rings. The molecular weight excluding hydrogens is 340 g/mol. The summed E-state index contributed by atoms with van der Waals surface area (Å²) in [6, 6.07) is 18.9. The Morgan fingerprint density at radius 3 is 2.26 bits per heavy atom. The summed E-state index contributed by atoms with van der Waals surface area (Å²) >= 11 is 0. The molecule has 2 amide bonds. The highest BCUT2D eigenvalue weighted by molar-refractivity contribution is 6.09. The molecule has 5 nitrogen and oxygen atoms in total. The molecule has 0 radical (unpaired) electrons. The van der Waals surface area contributed by atoms with E-state index < -0.39 is 5.92 Å². The summed E-state index contributed by atoms with van der Waals surface area (Å²) in [7, 11) is 0. The summed E-state index contributed by atoms with van der Waals surface area (Å²) in [4.78, 5) is 37.9. The molecule has 2 aromatic carbocycles. The molecule has 2 N–H and O–H groups in total. The molecule has 1 aliphatic carbocycles. The van der Waals surface area contributed by atoms with Crippen LogP contribution in [-0.4, -0.2) is 17.6 Å². The largest absolute Gasteiger partial charge is 0.329 e. The normalized spacial score (nSPS) is 22.1. The van der Waals surface area contributed by atoms with Crippen LogP contribution in [0.25, 0.3) is 0 Å². The first-order chi connectivity index (χ1) is 13.1. The number of nitrogens with one attached hydrogen (secondary N) is 2. The molecule has 4 rings (SSSR count). The quantitative estimate of drug-likeness (QED) is 0.883. The van der Waals surface area contributed by atoms with Crippen LogP contribution in [0.2, 0.25) is 0 Å². The minimum atomic E-state index is -0.738. The topological polar surface area (TPSA) is 75.3 Å². The second kappa shape index (κ2) is 7.19. The van der Waals surface area contributed by atoms with Gasteiger partial charge in [0.1, 0.15) is 0 Å². The lowest BCUT2D eigenvalue weighted by Gasteiger charge is -2.33. The van der Waals surface area contributed by atoms with E-state index in [0.29, 0.717) is 29.8 Å². The zero-order chi connectivity index (χ0) is 18.8. The lowest BCUT2D eigenvalue weighted by atomic mass is 9.75. The Balaban J connectivity index is 1.61. The van der Waals surface area contributed by atoms with Gasteiger partial charge in [-0.1, -0.05) is 48.5 Å². The van der Waals surface area contributed by atoms with Gasteiger partial charge in [-0.15, -0.1) is 0 Å². The number of ketones is 1. The number of allylic oxidation sites excluding steroid dienone is 1. The fourth-order valence-electron chi connectivity index (χ4n) is 3.90. The third-order valence-corrected chi connectivity index (χ3v) is 5.16. The third kappa shape index (κ3) is 3.53. The number of carbonyl (C=O) groups excluding carboxylic acids is 3. The molecule has 0 bridgehead atoms. The van der Waals surface area contributed by atoms with E-state index in [1.54, 1.807) is 12.1 Å². The van der Waals surface area contributed by atoms with Gasteiger partial charge in [0.05, 0.1) is 5.92 Å². The number of hydrogen-bond acceptors (Lipinski definition) is 3. The molecule has 0 aromatic heterocycles. The SMILES string of the molecule is O=C1C[C@H](C(=O)Nc2ccccc2)C2=C(C[C@H](c3ccccc3)CC2=O)N1. The van der Waals surface area contributed by atoms with Gasteiger partial charge in [-0.3, -0.25) is 14.4 Å². The number of benzene rings is 2. The Kier molecular flexibility index (Phi) is 4.59. The summed E-state index contributed by atoms with van der Waals surface area (Å²) in [5.74, 6) is -1.30. The average molecular weight is 360 g/mol. The van der Waals surface area contributed by atoms with Gasteiger partial charge in [0.15, 0.2) is 5.78 Å². The summed E-state index contributed by atoms with van der Waals surface area (Å²) in [6.07, 6.45) is 0.916. The summed E-state index contributed by atoms with van der Waals surface area (Å²) in [6.45, 7) is 0. The van der Waals surface area contributed by atoms with Crippen molar-refractivity contribution in [1.29, 1.82) is 0 Å². The number of Topliss-reactive ketones (excluding diaryl/α,β-unsaturated/α-hetero) is 1. The van der Waals surface area contributed by atoms with Gasteiger partial charge in [-0.05, 0) is 30.0 Å². The van der Waals surface area contributed by atoms with Gasteiger partial charge in [-0.25, -0.2) is 0 Å². The van der Waals surface area contributed by atoms with E-state index in [-0.39, 0.29) is 29.9 Å². The van der Waals surface area contributed by atoms with Crippen molar-refractivity contribution in [2.45, 2.75) is 25.2 Å². The fraction of sp³-hybridized carbons (Fsp3) is 0.227. The van der Waals surface area contributed by atoms with Crippen molar-refractivity contribution in [1.82, 2.24) is 5.32 Å². The predicted octanol–water partition coefficient (Wildman–Crippen LogP) is 3.16. The van der Waals surface area contributed by atoms with Crippen LogP contribution < -0.4 is 10.6 Å². The van der Waals surface area contributed by atoms with Crippen molar-refractivity contribution in [2.75, 3.05) is 5.32 Å². The van der Waals surface area contributed by atoms with Crippen molar-refractivity contribution < 1.29 is 14.4 Å². The highest BCUT2D eigenvalue weighted by atomic mass is 16.2. The molecule has 27 heavy (non-hydrogen) atoms. The molecular formula is C22H20N2O3. The maximum atomic E-state index is 12.9. The average Bonchev–Trinajstić information content (AvgIpc) is 2.68. The minimum absolute atomic E-state index is 0.000750. The third-order valence-electron chi connectivity index (χ3n) is 5.16. The van der Waals surface area contributed by atoms with Crippen molar-refractivity contribution in [3.05, 3.63) is 77.5 Å². The van der Waals surface area contributed by atoms with Crippen LogP contribution in [0.1, 0.15) is 30.7 Å². The molecule has 0 saturated carbocycles. The molecule has 1 aliphatic heterocycles. The zero-order valence-electron chi connectivity index (χ0n) is 14.8. The summed E-state index contributed by atoms with van der Waals surface area (Å²) in [5.41, 5.74) is 2.79. The van der Waals surface area contributed by atoms with Crippen LogP contribution in [-0.2, 0) is 14.4 Å². The first kappa shape index (κ1) is 17.2. The summed E-state index contributed by atoms with van der Waals surface area (Å²) in [5, 5.41) is 5.66. The Morgan fingerprint density at radius 1 is 0.889 bits per heavy atom. The maximum absolute atomic E-state index is 12.9. The maximum Gasteiger partial charge on any atom is 0.232 e. The van der Waals surface area contributed by atoms with Crippen molar-refractivity contribution >= 4 is 23.3 Å².